The number of fused-ring (bicyclic) bond motifs is 5. The van der Waals surface area contributed by atoms with Crippen molar-refractivity contribution in [1.82, 2.24) is 0 Å². The molecule has 0 unspecified atom stereocenters. The van der Waals surface area contributed by atoms with Gasteiger partial charge in [0.15, 0.2) is 0 Å². The van der Waals surface area contributed by atoms with E-state index in [1.165, 1.54) is 25.7 Å². The maximum absolute atomic E-state index is 10.6. The van der Waals surface area contributed by atoms with Crippen molar-refractivity contribution < 1.29 is 10.2 Å². The van der Waals surface area contributed by atoms with Crippen LogP contribution in [-0.2, 0) is 0 Å². The molecule has 0 spiro atoms. The van der Waals surface area contributed by atoms with Crippen LogP contribution in [-0.4, -0.2) is 22.4 Å². The molecule has 0 bridgehead atoms. The molecule has 4 aliphatic carbocycles. The largest absolute Gasteiger partial charge is 0.393 e. The Hall–Kier alpha value is -0.340. The minimum Gasteiger partial charge on any atom is -0.393 e. The molecule has 124 valence electrons. The molecule has 2 heteroatoms. The number of allylic oxidation sites excluding steroid dienone is 1. The van der Waals surface area contributed by atoms with Gasteiger partial charge >= 0.3 is 0 Å². The predicted octanol–water partition coefficient (Wildman–Crippen LogP) is 4.06. The number of hydrogen-bond acceptors (Lipinski definition) is 2. The average Bonchev–Trinajstić information content (AvgIpc) is 2.72. The molecule has 4 aliphatic rings. The van der Waals surface area contributed by atoms with Gasteiger partial charge in [-0.15, -0.1) is 0 Å². The smallest absolute Gasteiger partial charge is 0.0599 e. The highest BCUT2D eigenvalue weighted by atomic mass is 16.3. The zero-order valence-electron chi connectivity index (χ0n) is 14.4. The molecule has 7 atom stereocenters. The Labute approximate surface area is 135 Å². The van der Waals surface area contributed by atoms with Gasteiger partial charge in [-0.25, -0.2) is 0 Å². The van der Waals surface area contributed by atoms with E-state index in [4.69, 9.17) is 0 Å². The van der Waals surface area contributed by atoms with Crippen molar-refractivity contribution in [3.63, 3.8) is 0 Å². The van der Waals surface area contributed by atoms with Gasteiger partial charge in [0.25, 0.3) is 0 Å². The molecule has 0 amide bonds. The fourth-order valence-electron chi connectivity index (χ4n) is 7.00. The van der Waals surface area contributed by atoms with E-state index in [2.05, 4.69) is 26.8 Å². The molecule has 22 heavy (non-hydrogen) atoms. The van der Waals surface area contributed by atoms with Gasteiger partial charge in [-0.2, -0.15) is 0 Å². The summed E-state index contributed by atoms with van der Waals surface area (Å²) in [5.74, 6) is 1.47. The zero-order valence-corrected chi connectivity index (χ0v) is 14.4. The van der Waals surface area contributed by atoms with Crippen molar-refractivity contribution in [2.45, 2.75) is 84.3 Å². The number of rotatable bonds is 0. The van der Waals surface area contributed by atoms with E-state index in [1.807, 2.05) is 0 Å². The fraction of sp³-hybridized carbons (Fsp3) is 0.900. The summed E-state index contributed by atoms with van der Waals surface area (Å²) in [6.45, 7) is 7.30. The van der Waals surface area contributed by atoms with Crippen LogP contribution in [0.1, 0.15) is 72.1 Å². The summed E-state index contributed by atoms with van der Waals surface area (Å²) in [4.78, 5) is 0. The third-order valence-electron chi connectivity index (χ3n) is 8.88. The topological polar surface area (TPSA) is 40.5 Å². The van der Waals surface area contributed by atoms with E-state index in [-0.39, 0.29) is 23.0 Å². The van der Waals surface area contributed by atoms with E-state index in [0.29, 0.717) is 11.3 Å². The summed E-state index contributed by atoms with van der Waals surface area (Å²) < 4.78 is 0. The molecule has 2 nitrogen and oxygen atoms in total. The minimum atomic E-state index is -0.117. The molecule has 4 rings (SSSR count). The summed E-state index contributed by atoms with van der Waals surface area (Å²) in [5.41, 5.74) is 2.25. The van der Waals surface area contributed by atoms with Crippen LogP contribution in [0.5, 0.6) is 0 Å². The van der Waals surface area contributed by atoms with Crippen molar-refractivity contribution in [3.8, 4) is 0 Å². The van der Waals surface area contributed by atoms with Crippen LogP contribution in [0, 0.1) is 28.1 Å². The standard InChI is InChI=1S/C20H32O2/c1-18-9-6-14(21)12-13(18)4-5-16-15(18)7-10-20(3)17(22)8-11-19(16,20)2/h4,14-17,21-22H,5-12H2,1-3H3/t14-,15-,16+,17-,18-,19-,20+/m0/s1. The summed E-state index contributed by atoms with van der Waals surface area (Å²) in [5, 5.41) is 20.7. The molecule has 2 N–H and O–H groups in total. The van der Waals surface area contributed by atoms with Gasteiger partial charge in [0.2, 0.25) is 0 Å². The van der Waals surface area contributed by atoms with Crippen molar-refractivity contribution in [1.29, 1.82) is 0 Å². The third-order valence-corrected chi connectivity index (χ3v) is 8.88. The van der Waals surface area contributed by atoms with Crippen LogP contribution in [0.3, 0.4) is 0 Å². The normalized spacial score (nSPS) is 57.6. The predicted molar refractivity (Wildman–Crippen MR) is 88.3 cm³/mol. The van der Waals surface area contributed by atoms with E-state index >= 15 is 0 Å². The molecular weight excluding hydrogens is 272 g/mol. The van der Waals surface area contributed by atoms with Gasteiger partial charge in [-0.3, -0.25) is 0 Å². The highest BCUT2D eigenvalue weighted by Gasteiger charge is 2.64. The highest BCUT2D eigenvalue weighted by Crippen LogP contribution is 2.70. The number of aliphatic hydroxyl groups is 2. The second kappa shape index (κ2) is 4.60. The Balaban J connectivity index is 1.73. The Kier molecular flexibility index (Phi) is 3.18. The Bertz CT molecular complexity index is 512. The van der Waals surface area contributed by atoms with E-state index in [1.54, 1.807) is 5.57 Å². The first-order valence-electron chi connectivity index (χ1n) is 9.37. The fourth-order valence-corrected chi connectivity index (χ4v) is 7.00. The van der Waals surface area contributed by atoms with Gasteiger partial charge in [-0.05, 0) is 79.4 Å². The summed E-state index contributed by atoms with van der Waals surface area (Å²) >= 11 is 0. The maximum Gasteiger partial charge on any atom is 0.0599 e. The average molecular weight is 304 g/mol. The lowest BCUT2D eigenvalue weighted by Crippen LogP contribution is -2.56. The van der Waals surface area contributed by atoms with Gasteiger partial charge in [0.1, 0.15) is 0 Å². The molecule has 3 saturated carbocycles. The van der Waals surface area contributed by atoms with Crippen LogP contribution in [0.25, 0.3) is 0 Å². The molecular formula is C20H32O2. The van der Waals surface area contributed by atoms with E-state index in [9.17, 15) is 10.2 Å². The molecule has 0 radical (unpaired) electrons. The first kappa shape index (κ1) is 15.2. The molecule has 0 saturated heterocycles. The third kappa shape index (κ3) is 1.69. The Morgan fingerprint density at radius 3 is 2.41 bits per heavy atom. The van der Waals surface area contributed by atoms with E-state index < -0.39 is 0 Å². The lowest BCUT2D eigenvalue weighted by Gasteiger charge is -2.62. The first-order valence-corrected chi connectivity index (χ1v) is 9.37. The van der Waals surface area contributed by atoms with Crippen molar-refractivity contribution in [2.75, 3.05) is 0 Å². The second-order valence-corrected chi connectivity index (χ2v) is 9.42. The Morgan fingerprint density at radius 1 is 0.909 bits per heavy atom. The zero-order chi connectivity index (χ0) is 15.8. The van der Waals surface area contributed by atoms with Crippen molar-refractivity contribution in [2.24, 2.45) is 28.1 Å². The number of aliphatic hydroxyl groups excluding tert-OH is 2. The summed E-state index contributed by atoms with van der Waals surface area (Å²) in [6.07, 6.45) is 11.1. The van der Waals surface area contributed by atoms with Gasteiger partial charge in [-0.1, -0.05) is 32.4 Å². The lowest BCUT2D eigenvalue weighted by molar-refractivity contribution is -0.124. The van der Waals surface area contributed by atoms with Crippen LogP contribution in [0.4, 0.5) is 0 Å². The molecule has 0 aromatic rings. The quantitative estimate of drug-likeness (QED) is 0.663. The summed E-state index contributed by atoms with van der Waals surface area (Å²) in [7, 11) is 0. The number of hydrogen-bond donors (Lipinski definition) is 2. The maximum atomic E-state index is 10.6. The molecule has 3 fully saturated rings. The van der Waals surface area contributed by atoms with Gasteiger partial charge in [0.05, 0.1) is 12.2 Å². The Morgan fingerprint density at radius 2 is 1.64 bits per heavy atom. The van der Waals surface area contributed by atoms with Crippen LogP contribution in [0.2, 0.25) is 0 Å². The monoisotopic (exact) mass is 304 g/mol. The molecule has 0 heterocycles. The molecule has 0 aromatic carbocycles. The molecule has 0 aromatic heterocycles. The van der Waals surface area contributed by atoms with Crippen LogP contribution >= 0.6 is 0 Å². The van der Waals surface area contributed by atoms with Gasteiger partial charge in [0, 0.05) is 0 Å². The van der Waals surface area contributed by atoms with Crippen molar-refractivity contribution in [3.05, 3.63) is 11.6 Å². The van der Waals surface area contributed by atoms with Crippen LogP contribution in [0.15, 0.2) is 11.6 Å². The van der Waals surface area contributed by atoms with Crippen LogP contribution < -0.4 is 0 Å². The summed E-state index contributed by atoms with van der Waals surface area (Å²) in [6, 6.07) is 0. The molecule has 0 aliphatic heterocycles. The van der Waals surface area contributed by atoms with Gasteiger partial charge < -0.3 is 10.2 Å². The highest BCUT2D eigenvalue weighted by molar-refractivity contribution is 5.26. The van der Waals surface area contributed by atoms with E-state index in [0.717, 1.165) is 31.6 Å². The lowest BCUT2D eigenvalue weighted by atomic mass is 9.43. The van der Waals surface area contributed by atoms with Crippen molar-refractivity contribution >= 4 is 0 Å². The second-order valence-electron chi connectivity index (χ2n) is 9.42. The SMILES string of the molecule is C[C@]12CC[C@H](O)CC1=CC[C@@H]1[C@@H]2CC[C@]2(C)[C@@H](O)CC[C@@]12C. The first-order chi connectivity index (χ1) is 10.3. The minimum absolute atomic E-state index is 0.107.